The lowest BCUT2D eigenvalue weighted by Crippen LogP contribution is -2.56. The molecule has 0 saturated carbocycles. The molecule has 0 aromatic rings. The maximum atomic E-state index is 14.0. The van der Waals surface area contributed by atoms with Gasteiger partial charge in [-0.3, -0.25) is 0 Å². The summed E-state index contributed by atoms with van der Waals surface area (Å²) in [6.45, 7) is 11.0. The van der Waals surface area contributed by atoms with Crippen LogP contribution in [0.15, 0.2) is 38.0 Å². The lowest BCUT2D eigenvalue weighted by atomic mass is 9.91. The van der Waals surface area contributed by atoms with Gasteiger partial charge in [0.1, 0.15) is 13.2 Å². The van der Waals surface area contributed by atoms with E-state index in [0.29, 0.717) is 12.2 Å². The Labute approximate surface area is 380 Å². The molecule has 8 nitrogen and oxygen atoms in total. The molecule has 2 unspecified atom stereocenters. The van der Waals surface area contributed by atoms with Crippen molar-refractivity contribution in [2.24, 2.45) is 0 Å². The van der Waals surface area contributed by atoms with Crippen LogP contribution in [-0.2, 0) is 38.1 Å². The zero-order chi connectivity index (χ0) is 56.6. The van der Waals surface area contributed by atoms with Gasteiger partial charge in [-0.15, -0.1) is 0 Å². The van der Waals surface area contributed by atoms with Gasteiger partial charge in [0.25, 0.3) is 23.7 Å². The van der Waals surface area contributed by atoms with E-state index in [0.717, 1.165) is 6.08 Å². The summed E-state index contributed by atoms with van der Waals surface area (Å²) in [4.78, 5) is 32.2. The van der Waals surface area contributed by atoms with Crippen LogP contribution >= 0.6 is 0 Å². The van der Waals surface area contributed by atoms with Gasteiger partial charge in [0, 0.05) is 31.1 Å². The average molecular weight is 1090 g/mol. The molecule has 0 fully saturated rings. The van der Waals surface area contributed by atoms with Gasteiger partial charge >= 0.3 is 60.1 Å². The van der Waals surface area contributed by atoms with Gasteiger partial charge in [-0.05, 0) is 27.7 Å². The van der Waals surface area contributed by atoms with Crippen LogP contribution in [0.1, 0.15) is 66.2 Å². The molecule has 0 N–H and O–H groups in total. The lowest BCUT2D eigenvalue weighted by Gasteiger charge is -2.34. The predicted octanol–water partition coefficient (Wildman–Crippen LogP) is 12.8. The monoisotopic (exact) mass is 1090 g/mol. The third-order valence-electron chi connectivity index (χ3n) is 7.44. The molecule has 0 heterocycles. The topological polar surface area (TPSA) is 97.4 Å². The number of carbonyl (C=O) groups is 3. The van der Waals surface area contributed by atoms with Crippen molar-refractivity contribution in [2.75, 3.05) is 19.8 Å². The lowest BCUT2D eigenvalue weighted by molar-refractivity contribution is -0.356. The number of alkyl halides is 25. The molecule has 0 aliphatic rings. The molecule has 0 aliphatic carbocycles. The highest BCUT2D eigenvalue weighted by Crippen LogP contribution is 2.53. The molecule has 0 aromatic heterocycles. The fourth-order valence-corrected chi connectivity index (χ4v) is 4.64. The van der Waals surface area contributed by atoms with Crippen molar-refractivity contribution in [3.05, 3.63) is 38.0 Å². The van der Waals surface area contributed by atoms with E-state index < -0.39 is 167 Å². The first kappa shape index (κ1) is 70.1. The molecule has 0 rings (SSSR count). The highest BCUT2D eigenvalue weighted by atomic mass is 19.4. The van der Waals surface area contributed by atoms with E-state index in [-0.39, 0.29) is 0 Å². The third kappa shape index (κ3) is 27.4. The summed E-state index contributed by atoms with van der Waals surface area (Å²) in [7, 11) is 0. The normalized spacial score (nSPS) is 14.6. The molecule has 2 atom stereocenters. The molecular weight excluding hydrogens is 1050 g/mol. The van der Waals surface area contributed by atoms with Crippen molar-refractivity contribution in [3.8, 4) is 0 Å². The minimum absolute atomic E-state index is 0.470. The summed E-state index contributed by atoms with van der Waals surface area (Å²) in [5.41, 5.74) is -6.40. The Bertz CT molecular complexity index is 1640. The Morgan fingerprint density at radius 2 is 0.686 bits per heavy atom. The summed E-state index contributed by atoms with van der Waals surface area (Å²) < 4.78 is 339. The molecule has 0 bridgehead atoms. The maximum Gasteiger partial charge on any atom is 0.453 e. The maximum absolute atomic E-state index is 14.0. The van der Waals surface area contributed by atoms with Gasteiger partial charge in [-0.25, -0.2) is 53.9 Å². The molecule has 0 spiro atoms. The number of carbonyl (C=O) groups excluding carboxylic acids is 3. The quantitative estimate of drug-likeness (QED) is 0.0386. The summed E-state index contributed by atoms with van der Waals surface area (Å²) >= 11 is 0. The number of esters is 3. The first-order valence-electron chi connectivity index (χ1n) is 18.7. The Morgan fingerprint density at radius 1 is 0.400 bits per heavy atom. The number of hydrogen-bond donors (Lipinski definition) is 0. The zero-order valence-electron chi connectivity index (χ0n) is 36.2. The van der Waals surface area contributed by atoms with Crippen LogP contribution in [0.25, 0.3) is 0 Å². The Morgan fingerprint density at radius 3 is 0.957 bits per heavy atom. The van der Waals surface area contributed by atoms with Crippen LogP contribution in [0, 0.1) is 0 Å². The van der Waals surface area contributed by atoms with Gasteiger partial charge in [-0.2, -0.15) is 70.2 Å². The second-order valence-electron chi connectivity index (χ2n) is 14.8. The van der Waals surface area contributed by atoms with Crippen LogP contribution in [0.4, 0.5) is 110 Å². The molecule has 0 radical (unpaired) electrons. The smallest absolute Gasteiger partial charge is 0.453 e. The second kappa shape index (κ2) is 26.5. The van der Waals surface area contributed by atoms with Gasteiger partial charge < -0.3 is 23.7 Å². The van der Waals surface area contributed by atoms with Crippen LogP contribution in [0.5, 0.6) is 0 Å². The van der Waals surface area contributed by atoms with Crippen LogP contribution in [0.2, 0.25) is 0 Å². The van der Waals surface area contributed by atoms with Gasteiger partial charge in [0.05, 0.1) is 50.1 Å². The first-order valence-corrected chi connectivity index (χ1v) is 18.7. The standard InChI is InChI=1S/C16H19F11O3.C13H17F7O3.C8H7F7O2/c1-4-11(28)29-6-10(30-9(2)3)5-12(17,18)7-13(19,20)8-14(21,15(22,23)24)16(25,26)27;1-4-10(21)22-6-9(23-8(2)3)5-11(14,15)7-12(16,17)13(18,19)20;1-2-5(16)17-4-6(9,10)3-7(11,12)8(13,14)15/h4,9-10H,1,5-8H2,2-3H3;4,8-9H,1,5-7H2,2-3H3;2H,1,3-4H2. The SMILES string of the molecule is C=CC(=O)OCC(CC(F)(F)CC(F)(F)C(F)(F)F)OC(C)C.C=CC(=O)OCC(CC(F)(F)CC(F)(F)CC(F)(C(F)(F)F)C(F)(F)F)OC(C)C.C=CC(=O)OCC(F)(F)CC(F)(F)C(F)(F)F. The summed E-state index contributed by atoms with van der Waals surface area (Å²) in [6.07, 6.45) is -43.7. The van der Waals surface area contributed by atoms with E-state index in [2.05, 4.69) is 33.9 Å². The van der Waals surface area contributed by atoms with E-state index in [1.54, 1.807) is 0 Å². The third-order valence-corrected chi connectivity index (χ3v) is 7.44. The zero-order valence-corrected chi connectivity index (χ0v) is 36.2. The largest absolute Gasteiger partial charge is 0.460 e. The molecule has 0 aromatic carbocycles. The highest BCUT2D eigenvalue weighted by Gasteiger charge is 2.75. The number of hydrogen-bond acceptors (Lipinski definition) is 8. The van der Waals surface area contributed by atoms with Gasteiger partial charge in [0.15, 0.2) is 6.61 Å². The average Bonchev–Trinajstić information content (AvgIpc) is 3.11. The van der Waals surface area contributed by atoms with Crippen molar-refractivity contribution in [1.29, 1.82) is 0 Å². The van der Waals surface area contributed by atoms with Crippen molar-refractivity contribution in [1.82, 2.24) is 0 Å². The fourth-order valence-electron chi connectivity index (χ4n) is 4.64. The van der Waals surface area contributed by atoms with Crippen molar-refractivity contribution >= 4 is 17.9 Å². The minimum Gasteiger partial charge on any atom is -0.460 e. The molecular formula is C37H43F25O8. The minimum atomic E-state index is -6.81. The van der Waals surface area contributed by atoms with E-state index in [1.807, 2.05) is 0 Å². The van der Waals surface area contributed by atoms with Crippen LogP contribution < -0.4 is 0 Å². The highest BCUT2D eigenvalue weighted by molar-refractivity contribution is 5.81. The molecule has 70 heavy (non-hydrogen) atoms. The predicted molar refractivity (Wildman–Crippen MR) is 189 cm³/mol. The first-order chi connectivity index (χ1) is 30.8. The van der Waals surface area contributed by atoms with Crippen molar-refractivity contribution in [3.63, 3.8) is 0 Å². The molecule has 0 aliphatic heterocycles. The summed E-state index contributed by atoms with van der Waals surface area (Å²) in [5, 5.41) is 0. The number of halogens is 25. The van der Waals surface area contributed by atoms with Gasteiger partial charge in [-0.1, -0.05) is 19.7 Å². The second-order valence-corrected chi connectivity index (χ2v) is 14.8. The van der Waals surface area contributed by atoms with Crippen molar-refractivity contribution < 1.29 is 148 Å². The van der Waals surface area contributed by atoms with E-state index in [4.69, 9.17) is 9.47 Å². The van der Waals surface area contributed by atoms with E-state index in [1.165, 1.54) is 27.7 Å². The van der Waals surface area contributed by atoms with Crippen LogP contribution in [0.3, 0.4) is 0 Å². The number of rotatable bonds is 25. The molecule has 414 valence electrons. The molecule has 0 saturated heterocycles. The summed E-state index contributed by atoms with van der Waals surface area (Å²) in [6, 6.07) is 0. The molecule has 33 heteroatoms. The Kier molecular flexibility index (Phi) is 26.5. The molecule has 0 amide bonds. The van der Waals surface area contributed by atoms with Gasteiger partial charge in [0.2, 0.25) is 0 Å². The Balaban J connectivity index is -0.00000100. The summed E-state index contributed by atoms with van der Waals surface area (Å²) in [5.74, 6) is -33.4. The van der Waals surface area contributed by atoms with E-state index in [9.17, 15) is 124 Å². The Hall–Kier alpha value is -4.20. The van der Waals surface area contributed by atoms with Crippen LogP contribution in [-0.4, -0.2) is 128 Å². The number of ether oxygens (including phenoxy) is 5. The van der Waals surface area contributed by atoms with E-state index >= 15 is 0 Å². The van der Waals surface area contributed by atoms with Crippen molar-refractivity contribution in [2.45, 2.75) is 157 Å². The fraction of sp³-hybridized carbons (Fsp3) is 0.757.